The molecule has 3 nitrogen and oxygen atoms in total. The lowest BCUT2D eigenvalue weighted by Crippen LogP contribution is -2.00. The number of halogens is 4. The van der Waals surface area contributed by atoms with Crippen LogP contribution in [0.25, 0.3) is 0 Å². The van der Waals surface area contributed by atoms with Crippen LogP contribution >= 0.6 is 90.9 Å². The van der Waals surface area contributed by atoms with Crippen molar-refractivity contribution in [3.8, 4) is 5.75 Å². The second-order valence-electron chi connectivity index (χ2n) is 2.98. The fourth-order valence-corrected chi connectivity index (χ4v) is 5.59. The molecule has 8 heteroatoms. The zero-order valence-electron chi connectivity index (χ0n) is 8.08. The van der Waals surface area contributed by atoms with Gasteiger partial charge < -0.3 is 4.74 Å². The van der Waals surface area contributed by atoms with Gasteiger partial charge in [-0.15, -0.1) is 5.10 Å². The molecule has 2 aromatic rings. The molecule has 0 aliphatic heterocycles. The SMILES string of the molecule is Clc1snnc1COc1c(I)cc(I)cc1I. The van der Waals surface area contributed by atoms with Gasteiger partial charge in [-0.3, -0.25) is 0 Å². The van der Waals surface area contributed by atoms with Crippen molar-refractivity contribution in [3.63, 3.8) is 0 Å². The number of hydrogen-bond donors (Lipinski definition) is 0. The van der Waals surface area contributed by atoms with Crippen LogP contribution in [0.15, 0.2) is 12.1 Å². The molecule has 1 aromatic heterocycles. The van der Waals surface area contributed by atoms with Gasteiger partial charge >= 0.3 is 0 Å². The summed E-state index contributed by atoms with van der Waals surface area (Å²) in [7, 11) is 0. The topological polar surface area (TPSA) is 35.0 Å². The van der Waals surface area contributed by atoms with Crippen molar-refractivity contribution in [1.29, 1.82) is 0 Å². The van der Waals surface area contributed by atoms with E-state index in [0.717, 1.165) is 12.9 Å². The second-order valence-corrected chi connectivity index (χ2v) is 7.91. The third kappa shape index (κ3) is 3.76. The maximum absolute atomic E-state index is 5.92. The standard InChI is InChI=1S/C9H4ClI3N2OS/c10-9-7(14-15-17-9)3-16-8-5(12)1-4(11)2-6(8)13/h1-2H,3H2. The highest BCUT2D eigenvalue weighted by molar-refractivity contribution is 14.1. The third-order valence-electron chi connectivity index (χ3n) is 1.83. The van der Waals surface area contributed by atoms with Crippen LogP contribution in [0.5, 0.6) is 5.75 Å². The van der Waals surface area contributed by atoms with E-state index in [2.05, 4.69) is 89.5 Å². The quantitative estimate of drug-likeness (QED) is 0.482. The van der Waals surface area contributed by atoms with Crippen molar-refractivity contribution in [2.24, 2.45) is 0 Å². The summed E-state index contributed by atoms with van der Waals surface area (Å²) >= 11 is 13.9. The maximum atomic E-state index is 5.92. The zero-order valence-corrected chi connectivity index (χ0v) is 16.1. The summed E-state index contributed by atoms with van der Waals surface area (Å²) in [6.45, 7) is 0.349. The zero-order chi connectivity index (χ0) is 12.4. The Morgan fingerprint density at radius 2 is 1.88 bits per heavy atom. The average Bonchev–Trinajstić information content (AvgIpc) is 2.62. The first-order valence-electron chi connectivity index (χ1n) is 4.32. The minimum atomic E-state index is 0.349. The van der Waals surface area contributed by atoms with E-state index in [-0.39, 0.29) is 0 Å². The molecule has 0 aliphatic rings. The first-order valence-corrected chi connectivity index (χ1v) is 8.70. The van der Waals surface area contributed by atoms with Gasteiger partial charge in [0.05, 0.1) is 7.14 Å². The van der Waals surface area contributed by atoms with Gasteiger partial charge in [-0.05, 0) is 79.9 Å². The van der Waals surface area contributed by atoms with Crippen molar-refractivity contribution in [2.45, 2.75) is 6.61 Å². The molecule has 0 spiro atoms. The van der Waals surface area contributed by atoms with E-state index in [1.54, 1.807) is 0 Å². The Kier molecular flexibility index (Phi) is 5.51. The number of ether oxygens (including phenoxy) is 1. The Balaban J connectivity index is 2.17. The molecule has 0 amide bonds. The Morgan fingerprint density at radius 3 is 2.41 bits per heavy atom. The average molecular weight is 604 g/mol. The molecule has 0 fully saturated rings. The Labute approximate surface area is 148 Å². The van der Waals surface area contributed by atoms with Crippen molar-refractivity contribution >= 4 is 90.9 Å². The van der Waals surface area contributed by atoms with Gasteiger partial charge in [0.15, 0.2) is 0 Å². The molecule has 0 unspecified atom stereocenters. The molecule has 0 N–H and O–H groups in total. The fraction of sp³-hybridized carbons (Fsp3) is 0.111. The van der Waals surface area contributed by atoms with E-state index >= 15 is 0 Å². The maximum Gasteiger partial charge on any atom is 0.146 e. The van der Waals surface area contributed by atoms with Gasteiger partial charge in [-0.1, -0.05) is 16.1 Å². The van der Waals surface area contributed by atoms with Crippen molar-refractivity contribution in [1.82, 2.24) is 9.59 Å². The molecule has 1 aromatic carbocycles. The molecule has 0 saturated carbocycles. The molecule has 2 rings (SSSR count). The molecule has 0 aliphatic carbocycles. The van der Waals surface area contributed by atoms with Gasteiger partial charge in [0.25, 0.3) is 0 Å². The number of hydrogen-bond acceptors (Lipinski definition) is 4. The Morgan fingerprint density at radius 1 is 1.24 bits per heavy atom. The van der Waals surface area contributed by atoms with Crippen LogP contribution in [0.4, 0.5) is 0 Å². The predicted octanol–water partition coefficient (Wildman–Crippen LogP) is 4.58. The Bertz CT molecular complexity index is 526. The highest BCUT2D eigenvalue weighted by Crippen LogP contribution is 2.30. The smallest absolute Gasteiger partial charge is 0.146 e. The van der Waals surface area contributed by atoms with Gasteiger partial charge in [0, 0.05) is 15.1 Å². The van der Waals surface area contributed by atoms with E-state index in [0.29, 0.717) is 16.6 Å². The summed E-state index contributed by atoms with van der Waals surface area (Å²) in [5.74, 6) is 0.871. The molecule has 0 atom stereocenters. The van der Waals surface area contributed by atoms with Crippen LogP contribution in [0, 0.1) is 10.7 Å². The predicted molar refractivity (Wildman–Crippen MR) is 93.8 cm³/mol. The number of nitrogens with zero attached hydrogens (tertiary/aromatic N) is 2. The van der Waals surface area contributed by atoms with E-state index in [1.165, 1.54) is 15.1 Å². The van der Waals surface area contributed by atoms with Crippen LogP contribution in [-0.4, -0.2) is 9.59 Å². The van der Waals surface area contributed by atoms with Crippen molar-refractivity contribution < 1.29 is 4.74 Å². The van der Waals surface area contributed by atoms with Gasteiger partial charge in [-0.25, -0.2) is 0 Å². The molecule has 17 heavy (non-hydrogen) atoms. The normalized spacial score (nSPS) is 10.6. The summed E-state index contributed by atoms with van der Waals surface area (Å²) in [6.07, 6.45) is 0. The summed E-state index contributed by atoms with van der Waals surface area (Å²) in [5, 5.41) is 3.91. The third-order valence-corrected chi connectivity index (χ3v) is 5.04. The second kappa shape index (κ2) is 6.48. The first kappa shape index (κ1) is 14.5. The first-order chi connectivity index (χ1) is 8.08. The molecular weight excluding hydrogens is 600 g/mol. The van der Waals surface area contributed by atoms with Crippen molar-refractivity contribution in [3.05, 3.63) is 32.9 Å². The molecule has 0 bridgehead atoms. The highest BCUT2D eigenvalue weighted by Gasteiger charge is 2.11. The van der Waals surface area contributed by atoms with E-state index in [4.69, 9.17) is 16.3 Å². The summed E-state index contributed by atoms with van der Waals surface area (Å²) in [5.41, 5.74) is 0.682. The van der Waals surface area contributed by atoms with Crippen LogP contribution in [-0.2, 0) is 6.61 Å². The highest BCUT2D eigenvalue weighted by atomic mass is 127. The Hall–Kier alpha value is 1.06. The number of rotatable bonds is 3. The minimum Gasteiger partial charge on any atom is -0.485 e. The lowest BCUT2D eigenvalue weighted by atomic mass is 10.3. The lowest BCUT2D eigenvalue weighted by molar-refractivity contribution is 0.297. The fourth-order valence-electron chi connectivity index (χ4n) is 1.09. The van der Waals surface area contributed by atoms with Crippen LogP contribution in [0.3, 0.4) is 0 Å². The van der Waals surface area contributed by atoms with E-state index in [9.17, 15) is 0 Å². The van der Waals surface area contributed by atoms with Gasteiger partial charge in [-0.2, -0.15) is 0 Å². The van der Waals surface area contributed by atoms with E-state index in [1.807, 2.05) is 0 Å². The van der Waals surface area contributed by atoms with Crippen LogP contribution < -0.4 is 4.74 Å². The van der Waals surface area contributed by atoms with Crippen LogP contribution in [0.2, 0.25) is 4.34 Å². The largest absolute Gasteiger partial charge is 0.485 e. The molecule has 0 radical (unpaired) electrons. The van der Waals surface area contributed by atoms with Gasteiger partial charge in [0.2, 0.25) is 0 Å². The molecule has 1 heterocycles. The molecule has 90 valence electrons. The molecular formula is C9H4ClI3N2OS. The molecule has 0 saturated heterocycles. The minimum absolute atomic E-state index is 0.349. The van der Waals surface area contributed by atoms with Gasteiger partial charge in [0.1, 0.15) is 22.4 Å². The monoisotopic (exact) mass is 604 g/mol. The summed E-state index contributed by atoms with van der Waals surface area (Å²) in [4.78, 5) is 0. The number of aromatic nitrogens is 2. The van der Waals surface area contributed by atoms with E-state index < -0.39 is 0 Å². The lowest BCUT2D eigenvalue weighted by Gasteiger charge is -2.09. The van der Waals surface area contributed by atoms with Crippen LogP contribution in [0.1, 0.15) is 5.69 Å². The summed E-state index contributed by atoms with van der Waals surface area (Å²) in [6, 6.07) is 4.14. The number of benzene rings is 1. The summed E-state index contributed by atoms with van der Waals surface area (Å²) < 4.78 is 13.5. The van der Waals surface area contributed by atoms with Crippen molar-refractivity contribution in [2.75, 3.05) is 0 Å².